The molecular weight excluding hydrogens is 138 g/mol. The zero-order valence-electron chi connectivity index (χ0n) is 7.56. The maximum Gasteiger partial charge on any atom is 0.0237 e. The van der Waals surface area contributed by atoms with Crippen molar-refractivity contribution in [3.8, 4) is 0 Å². The number of piperidine rings is 1. The molecule has 2 N–H and O–H groups in total. The second kappa shape index (κ2) is 4.70. The average molecular weight is 157 g/mol. The Morgan fingerprint density at radius 3 is 2.55 bits per heavy atom. The summed E-state index contributed by atoms with van der Waals surface area (Å²) in [5.74, 6) is 0. The first-order chi connectivity index (χ1) is 5.33. The first-order valence-electron chi connectivity index (χ1n) is 4.50. The smallest absolute Gasteiger partial charge is 0.0237 e. The fraction of sp³-hybridized carbons (Fsp3) is 1.00. The molecule has 0 saturated carbocycles. The van der Waals surface area contributed by atoms with Crippen LogP contribution >= 0.6 is 0 Å². The van der Waals surface area contributed by atoms with Gasteiger partial charge in [-0.2, -0.15) is 0 Å². The summed E-state index contributed by atoms with van der Waals surface area (Å²) < 4.78 is 0. The molecule has 11 heavy (non-hydrogen) atoms. The molecule has 1 rings (SSSR count). The molecule has 0 spiro atoms. The third-order valence-corrected chi connectivity index (χ3v) is 2.20. The summed E-state index contributed by atoms with van der Waals surface area (Å²) >= 11 is 0. The largest absolute Gasteiger partial charge is 0.306 e. The molecule has 1 heterocycles. The first-order valence-corrected chi connectivity index (χ1v) is 4.50. The molecule has 66 valence electrons. The molecule has 1 aliphatic rings. The van der Waals surface area contributed by atoms with Gasteiger partial charge in [0, 0.05) is 12.6 Å². The molecule has 1 aliphatic heterocycles. The van der Waals surface area contributed by atoms with Crippen LogP contribution in [-0.2, 0) is 0 Å². The van der Waals surface area contributed by atoms with Gasteiger partial charge >= 0.3 is 0 Å². The summed E-state index contributed by atoms with van der Waals surface area (Å²) in [7, 11) is 2.18. The molecule has 0 atom stereocenters. The van der Waals surface area contributed by atoms with Crippen molar-refractivity contribution in [2.45, 2.75) is 25.8 Å². The highest BCUT2D eigenvalue weighted by Gasteiger charge is 2.14. The van der Waals surface area contributed by atoms with Gasteiger partial charge in [0.25, 0.3) is 0 Å². The average Bonchev–Trinajstić information content (AvgIpc) is 2.04. The Morgan fingerprint density at radius 2 is 2.00 bits per heavy atom. The monoisotopic (exact) mass is 157 g/mol. The summed E-state index contributed by atoms with van der Waals surface area (Å²) in [6.07, 6.45) is 2.53. The number of hydrogen-bond acceptors (Lipinski definition) is 3. The van der Waals surface area contributed by atoms with Gasteiger partial charge in [-0.1, -0.05) is 6.92 Å². The predicted molar refractivity (Wildman–Crippen MR) is 47.3 cm³/mol. The van der Waals surface area contributed by atoms with E-state index in [2.05, 4.69) is 29.7 Å². The van der Waals surface area contributed by atoms with Gasteiger partial charge in [-0.05, 0) is 33.0 Å². The number of hydrazine groups is 1. The highest BCUT2D eigenvalue weighted by Crippen LogP contribution is 2.06. The quantitative estimate of drug-likeness (QED) is 0.573. The topological polar surface area (TPSA) is 27.3 Å². The van der Waals surface area contributed by atoms with Crippen LogP contribution in [0.25, 0.3) is 0 Å². The Hall–Kier alpha value is -0.120. The van der Waals surface area contributed by atoms with Crippen molar-refractivity contribution in [2.75, 3.05) is 26.7 Å². The lowest BCUT2D eigenvalue weighted by Gasteiger charge is -2.29. The molecule has 0 unspecified atom stereocenters. The van der Waals surface area contributed by atoms with Crippen molar-refractivity contribution < 1.29 is 0 Å². The SMILES string of the molecule is CCNNC1CCN(C)CC1. The van der Waals surface area contributed by atoms with Crippen molar-refractivity contribution in [2.24, 2.45) is 0 Å². The third kappa shape index (κ3) is 3.18. The van der Waals surface area contributed by atoms with E-state index < -0.39 is 0 Å². The number of likely N-dealkylation sites (tertiary alicyclic amines) is 1. The molecule has 0 radical (unpaired) electrons. The zero-order chi connectivity index (χ0) is 8.10. The summed E-state index contributed by atoms with van der Waals surface area (Å²) in [6.45, 7) is 5.57. The molecule has 0 aromatic heterocycles. The van der Waals surface area contributed by atoms with E-state index in [0.29, 0.717) is 6.04 Å². The minimum atomic E-state index is 0.686. The number of hydrogen-bond donors (Lipinski definition) is 2. The Kier molecular flexibility index (Phi) is 3.83. The maximum absolute atomic E-state index is 3.32. The Bertz CT molecular complexity index is 94.8. The summed E-state index contributed by atoms with van der Waals surface area (Å²) in [5.41, 5.74) is 6.48. The van der Waals surface area contributed by atoms with Crippen LogP contribution in [0.15, 0.2) is 0 Å². The number of nitrogens with zero attached hydrogens (tertiary/aromatic N) is 1. The van der Waals surface area contributed by atoms with Crippen molar-refractivity contribution >= 4 is 0 Å². The first kappa shape index (κ1) is 8.97. The van der Waals surface area contributed by atoms with Crippen LogP contribution in [0.5, 0.6) is 0 Å². The lowest BCUT2D eigenvalue weighted by molar-refractivity contribution is 0.223. The van der Waals surface area contributed by atoms with Crippen LogP contribution in [0.3, 0.4) is 0 Å². The van der Waals surface area contributed by atoms with Crippen molar-refractivity contribution in [1.29, 1.82) is 0 Å². The zero-order valence-corrected chi connectivity index (χ0v) is 7.56. The van der Waals surface area contributed by atoms with Gasteiger partial charge < -0.3 is 4.90 Å². The molecule has 0 aromatic carbocycles. The molecule has 1 fully saturated rings. The van der Waals surface area contributed by atoms with Gasteiger partial charge in [-0.15, -0.1) is 0 Å². The van der Waals surface area contributed by atoms with E-state index >= 15 is 0 Å². The van der Waals surface area contributed by atoms with Crippen LogP contribution in [0.1, 0.15) is 19.8 Å². The van der Waals surface area contributed by atoms with Gasteiger partial charge in [0.1, 0.15) is 0 Å². The Balaban J connectivity index is 2.07. The standard InChI is InChI=1S/C8H19N3/c1-3-9-10-8-4-6-11(2)7-5-8/h8-10H,3-7H2,1-2H3. The third-order valence-electron chi connectivity index (χ3n) is 2.20. The lowest BCUT2D eigenvalue weighted by Crippen LogP contribution is -2.46. The van der Waals surface area contributed by atoms with Crippen LogP contribution in [0, 0.1) is 0 Å². The van der Waals surface area contributed by atoms with Crippen LogP contribution in [0.2, 0.25) is 0 Å². The summed E-state index contributed by atoms with van der Waals surface area (Å²) in [5, 5.41) is 0. The van der Waals surface area contributed by atoms with Gasteiger partial charge in [0.05, 0.1) is 0 Å². The molecule has 0 bridgehead atoms. The predicted octanol–water partition coefficient (Wildman–Crippen LogP) is 0.195. The van der Waals surface area contributed by atoms with Crippen LogP contribution in [0.4, 0.5) is 0 Å². The highest BCUT2D eigenvalue weighted by molar-refractivity contribution is 4.73. The van der Waals surface area contributed by atoms with Crippen molar-refractivity contribution in [1.82, 2.24) is 15.8 Å². The second-order valence-corrected chi connectivity index (χ2v) is 3.25. The van der Waals surface area contributed by atoms with Crippen molar-refractivity contribution in [3.05, 3.63) is 0 Å². The highest BCUT2D eigenvalue weighted by atomic mass is 15.4. The lowest BCUT2D eigenvalue weighted by atomic mass is 10.1. The van der Waals surface area contributed by atoms with E-state index in [1.807, 2.05) is 0 Å². The Morgan fingerprint density at radius 1 is 1.36 bits per heavy atom. The molecular formula is C8H19N3. The fourth-order valence-corrected chi connectivity index (χ4v) is 1.40. The Labute approximate surface area is 69.1 Å². The molecule has 3 nitrogen and oxygen atoms in total. The van der Waals surface area contributed by atoms with E-state index in [4.69, 9.17) is 0 Å². The molecule has 1 saturated heterocycles. The minimum Gasteiger partial charge on any atom is -0.306 e. The van der Waals surface area contributed by atoms with Gasteiger partial charge in [0.15, 0.2) is 0 Å². The molecule has 0 amide bonds. The van der Waals surface area contributed by atoms with Gasteiger partial charge in [0.2, 0.25) is 0 Å². The van der Waals surface area contributed by atoms with Gasteiger partial charge in [-0.25, -0.2) is 0 Å². The van der Waals surface area contributed by atoms with E-state index in [0.717, 1.165) is 6.54 Å². The molecule has 0 aliphatic carbocycles. The van der Waals surface area contributed by atoms with E-state index in [-0.39, 0.29) is 0 Å². The normalized spacial score (nSPS) is 22.4. The molecule has 3 heteroatoms. The number of nitrogens with one attached hydrogen (secondary N) is 2. The van der Waals surface area contributed by atoms with E-state index in [9.17, 15) is 0 Å². The van der Waals surface area contributed by atoms with Crippen LogP contribution in [-0.4, -0.2) is 37.6 Å². The molecule has 0 aromatic rings. The van der Waals surface area contributed by atoms with Gasteiger partial charge in [-0.3, -0.25) is 10.9 Å². The summed E-state index contributed by atoms with van der Waals surface area (Å²) in [6, 6.07) is 0.686. The van der Waals surface area contributed by atoms with Crippen LogP contribution < -0.4 is 10.9 Å². The van der Waals surface area contributed by atoms with E-state index in [1.165, 1.54) is 25.9 Å². The second-order valence-electron chi connectivity index (χ2n) is 3.25. The fourth-order valence-electron chi connectivity index (χ4n) is 1.40. The van der Waals surface area contributed by atoms with Crippen molar-refractivity contribution in [3.63, 3.8) is 0 Å². The van der Waals surface area contributed by atoms with E-state index in [1.54, 1.807) is 0 Å². The number of rotatable bonds is 3. The maximum atomic E-state index is 3.32. The summed E-state index contributed by atoms with van der Waals surface area (Å²) in [4.78, 5) is 2.38. The minimum absolute atomic E-state index is 0.686.